The summed E-state index contributed by atoms with van der Waals surface area (Å²) in [6.45, 7) is 6.33. The minimum Gasteiger partial charge on any atom is -0.409 e. The van der Waals surface area contributed by atoms with Crippen LogP contribution in [0.3, 0.4) is 0 Å². The Hall–Kier alpha value is -1.85. The highest BCUT2D eigenvalue weighted by molar-refractivity contribution is 7.42. The van der Waals surface area contributed by atoms with Gasteiger partial charge in [0.25, 0.3) is 0 Å². The lowest BCUT2D eigenvalue weighted by Crippen LogP contribution is -2.27. The molecule has 3 atom stereocenters. The van der Waals surface area contributed by atoms with Crippen molar-refractivity contribution in [3.05, 3.63) is 72.0 Å². The zero-order valence-corrected chi connectivity index (χ0v) is 23.6. The van der Waals surface area contributed by atoms with Gasteiger partial charge >= 0.3 is 8.60 Å². The van der Waals surface area contributed by atoms with Gasteiger partial charge in [-0.2, -0.15) is 0 Å². The third-order valence-corrected chi connectivity index (χ3v) is 8.15. The summed E-state index contributed by atoms with van der Waals surface area (Å²) in [6.07, 6.45) is 25.9. The number of hydrogen-bond acceptors (Lipinski definition) is 6. The van der Waals surface area contributed by atoms with E-state index in [-0.39, 0.29) is 0 Å². The van der Waals surface area contributed by atoms with E-state index >= 15 is 0 Å². The SMILES string of the molecule is CCCCC1(O)C=CC(OP(OC2=CCC(O)(CCCC)C=C2)OC2=CCC(O)(CCCC)C=C2)=CC1. The fourth-order valence-corrected chi connectivity index (χ4v) is 5.51. The summed E-state index contributed by atoms with van der Waals surface area (Å²) >= 11 is 0. The van der Waals surface area contributed by atoms with Gasteiger partial charge < -0.3 is 28.9 Å². The van der Waals surface area contributed by atoms with Crippen LogP contribution in [0.25, 0.3) is 0 Å². The largest absolute Gasteiger partial charge is 0.530 e. The molecule has 7 heteroatoms. The Bertz CT molecular complexity index is 815. The molecule has 0 amide bonds. The molecule has 0 bridgehead atoms. The van der Waals surface area contributed by atoms with Gasteiger partial charge in [-0.3, -0.25) is 0 Å². The van der Waals surface area contributed by atoms with Gasteiger partial charge in [-0.05, 0) is 73.9 Å². The number of hydrogen-bond donors (Lipinski definition) is 3. The summed E-state index contributed by atoms with van der Waals surface area (Å²) in [7, 11) is -1.86. The van der Waals surface area contributed by atoms with Gasteiger partial charge in [0.05, 0.1) is 16.8 Å². The lowest BCUT2D eigenvalue weighted by atomic mass is 9.89. The maximum atomic E-state index is 10.8. The van der Waals surface area contributed by atoms with Crippen molar-refractivity contribution in [2.45, 2.75) is 115 Å². The summed E-state index contributed by atoms with van der Waals surface area (Å²) in [5.41, 5.74) is -2.53. The number of unbranched alkanes of at least 4 members (excludes halogenated alkanes) is 3. The van der Waals surface area contributed by atoms with Crippen LogP contribution in [-0.2, 0) is 13.6 Å². The minimum atomic E-state index is -1.86. The molecular formula is C30H45O6P. The van der Waals surface area contributed by atoms with E-state index in [4.69, 9.17) is 13.6 Å². The lowest BCUT2D eigenvalue weighted by Gasteiger charge is -2.29. The van der Waals surface area contributed by atoms with E-state index < -0.39 is 25.4 Å². The zero-order valence-electron chi connectivity index (χ0n) is 22.7. The summed E-state index contributed by atoms with van der Waals surface area (Å²) in [5, 5.41) is 32.3. The molecule has 0 aromatic rings. The predicted octanol–water partition coefficient (Wildman–Crippen LogP) is 7.56. The molecular weight excluding hydrogens is 487 g/mol. The fraction of sp³-hybridized carbons (Fsp3) is 0.600. The molecule has 3 aliphatic rings. The van der Waals surface area contributed by atoms with Crippen LogP contribution in [-0.4, -0.2) is 32.1 Å². The van der Waals surface area contributed by atoms with Gasteiger partial charge in [0.15, 0.2) is 0 Å². The van der Waals surface area contributed by atoms with Crippen LogP contribution >= 0.6 is 8.60 Å². The highest BCUT2D eigenvalue weighted by Crippen LogP contribution is 2.49. The molecule has 3 N–H and O–H groups in total. The molecule has 0 fully saturated rings. The molecule has 0 saturated carbocycles. The lowest BCUT2D eigenvalue weighted by molar-refractivity contribution is 0.0781. The van der Waals surface area contributed by atoms with Crippen LogP contribution < -0.4 is 0 Å². The third kappa shape index (κ3) is 9.44. The Balaban J connectivity index is 1.67. The fourth-order valence-electron chi connectivity index (χ4n) is 4.47. The second-order valence-corrected chi connectivity index (χ2v) is 11.5. The Morgan fingerprint density at radius 2 is 0.892 bits per heavy atom. The van der Waals surface area contributed by atoms with Gasteiger partial charge in [-0.1, -0.05) is 59.3 Å². The van der Waals surface area contributed by atoms with Crippen molar-refractivity contribution in [1.29, 1.82) is 0 Å². The topological polar surface area (TPSA) is 88.4 Å². The Morgan fingerprint density at radius 3 is 1.11 bits per heavy atom. The van der Waals surface area contributed by atoms with Crippen LogP contribution in [0.15, 0.2) is 72.0 Å². The van der Waals surface area contributed by atoms with E-state index in [2.05, 4.69) is 20.8 Å². The van der Waals surface area contributed by atoms with Crippen molar-refractivity contribution in [2.24, 2.45) is 0 Å². The third-order valence-electron chi connectivity index (χ3n) is 7.07. The first-order chi connectivity index (χ1) is 17.7. The van der Waals surface area contributed by atoms with Crippen molar-refractivity contribution < 1.29 is 28.9 Å². The highest BCUT2D eigenvalue weighted by Gasteiger charge is 2.31. The molecule has 3 unspecified atom stereocenters. The van der Waals surface area contributed by atoms with Crippen molar-refractivity contribution in [2.75, 3.05) is 0 Å². The molecule has 0 aromatic carbocycles. The zero-order chi connectivity index (χ0) is 26.8. The molecule has 37 heavy (non-hydrogen) atoms. The minimum absolute atomic E-state index is 0.474. The van der Waals surface area contributed by atoms with Crippen molar-refractivity contribution in [1.82, 2.24) is 0 Å². The van der Waals surface area contributed by atoms with Crippen LogP contribution in [0.1, 0.15) is 97.8 Å². The summed E-state index contributed by atoms with van der Waals surface area (Å²) in [4.78, 5) is 0. The smallest absolute Gasteiger partial charge is 0.409 e. The van der Waals surface area contributed by atoms with Crippen molar-refractivity contribution in [3.63, 3.8) is 0 Å². The molecule has 206 valence electrons. The molecule has 0 radical (unpaired) electrons. The van der Waals surface area contributed by atoms with Crippen LogP contribution in [0.4, 0.5) is 0 Å². The number of allylic oxidation sites excluding steroid dienone is 3. The molecule has 0 heterocycles. The summed E-state index contributed by atoms with van der Waals surface area (Å²) in [5.74, 6) is 1.77. The Kier molecular flexibility index (Phi) is 11.1. The standard InChI is InChI=1S/C30H45O6P/c1-4-7-16-28(31)19-10-25(11-20-28)34-37(35-26-12-21-29(32,22-13-26)17-8-5-2)36-27-14-23-30(33,24-15-27)18-9-6-3/h10-15,19,21,23,31-33H,4-9,16-18,20,22,24H2,1-3H3. The molecule has 0 aromatic heterocycles. The van der Waals surface area contributed by atoms with Crippen LogP contribution in [0.2, 0.25) is 0 Å². The second kappa shape index (κ2) is 13.8. The van der Waals surface area contributed by atoms with E-state index in [1.807, 2.05) is 18.2 Å². The first-order valence-electron chi connectivity index (χ1n) is 13.9. The molecule has 3 rings (SSSR count). The maximum Gasteiger partial charge on any atom is 0.530 e. The monoisotopic (exact) mass is 532 g/mol. The number of rotatable bonds is 15. The van der Waals surface area contributed by atoms with E-state index in [1.165, 1.54) is 0 Å². The molecule has 0 spiro atoms. The quantitative estimate of drug-likeness (QED) is 0.189. The molecule has 0 saturated heterocycles. The van der Waals surface area contributed by atoms with Crippen molar-refractivity contribution >= 4 is 8.60 Å². The average molecular weight is 533 g/mol. The summed E-state index contributed by atoms with van der Waals surface area (Å²) < 4.78 is 18.4. The van der Waals surface area contributed by atoms with E-state index in [0.717, 1.165) is 38.5 Å². The maximum absolute atomic E-state index is 10.8. The van der Waals surface area contributed by atoms with Gasteiger partial charge in [-0.25, -0.2) is 0 Å². The predicted molar refractivity (Wildman–Crippen MR) is 149 cm³/mol. The first-order valence-corrected chi connectivity index (χ1v) is 15.0. The first kappa shape index (κ1) is 29.7. The van der Waals surface area contributed by atoms with Crippen molar-refractivity contribution in [3.8, 4) is 0 Å². The van der Waals surface area contributed by atoms with Gasteiger partial charge in [0.1, 0.15) is 17.3 Å². The van der Waals surface area contributed by atoms with Gasteiger partial charge in [0, 0.05) is 19.3 Å². The van der Waals surface area contributed by atoms with Gasteiger partial charge in [-0.15, -0.1) is 0 Å². The molecule has 6 nitrogen and oxygen atoms in total. The van der Waals surface area contributed by atoms with E-state index in [9.17, 15) is 15.3 Å². The van der Waals surface area contributed by atoms with E-state index in [1.54, 1.807) is 36.5 Å². The average Bonchev–Trinajstić information content (AvgIpc) is 2.90. The Labute approximate surface area is 224 Å². The molecule has 3 aliphatic carbocycles. The number of aliphatic hydroxyl groups is 3. The Morgan fingerprint density at radius 1 is 0.595 bits per heavy atom. The van der Waals surface area contributed by atoms with Crippen LogP contribution in [0.5, 0.6) is 0 Å². The summed E-state index contributed by atoms with van der Waals surface area (Å²) in [6, 6.07) is 0. The van der Waals surface area contributed by atoms with E-state index in [0.29, 0.717) is 55.8 Å². The van der Waals surface area contributed by atoms with Gasteiger partial charge in [0.2, 0.25) is 0 Å². The highest BCUT2D eigenvalue weighted by atomic mass is 31.2. The molecule has 0 aliphatic heterocycles. The second-order valence-electron chi connectivity index (χ2n) is 10.6. The normalized spacial score (nSPS) is 29.8. The van der Waals surface area contributed by atoms with Crippen LogP contribution in [0, 0.1) is 0 Å².